The minimum absolute atomic E-state index is 0.235. The van der Waals surface area contributed by atoms with Crippen molar-refractivity contribution in [3.63, 3.8) is 0 Å². The highest BCUT2D eigenvalue weighted by Gasteiger charge is 2.22. The largest absolute Gasteiger partial charge is 0.396 e. The van der Waals surface area contributed by atoms with E-state index < -0.39 is 0 Å². The van der Waals surface area contributed by atoms with Gasteiger partial charge in [-0.05, 0) is 30.9 Å². The average molecular weight is 251 g/mol. The molecule has 0 amide bonds. The topological polar surface area (TPSA) is 62.4 Å². The fraction of sp³-hybridized carbons (Fsp3) is 0.500. The fourth-order valence-electron chi connectivity index (χ4n) is 2.27. The van der Waals surface area contributed by atoms with Crippen LogP contribution in [0, 0.1) is 5.92 Å². The second kappa shape index (κ2) is 5.42. The summed E-state index contributed by atoms with van der Waals surface area (Å²) in [7, 11) is 0. The van der Waals surface area contributed by atoms with E-state index in [1.54, 1.807) is 6.20 Å². The van der Waals surface area contributed by atoms with E-state index in [2.05, 4.69) is 9.88 Å². The van der Waals surface area contributed by atoms with Crippen molar-refractivity contribution in [1.82, 2.24) is 4.98 Å². The molecule has 1 aliphatic rings. The third-order valence-corrected chi connectivity index (χ3v) is 3.33. The number of hydrogen-bond acceptors (Lipinski definition) is 4. The number of pyridine rings is 1. The first-order chi connectivity index (χ1) is 8.22. The lowest BCUT2D eigenvalue weighted by Gasteiger charge is -2.34. The maximum atomic E-state index is 9.24. The van der Waals surface area contributed by atoms with Crippen molar-refractivity contribution < 1.29 is 5.11 Å². The Kier molecular flexibility index (Phi) is 3.91. The van der Waals surface area contributed by atoms with E-state index in [1.807, 2.05) is 12.1 Å². The molecule has 1 fully saturated rings. The summed E-state index contributed by atoms with van der Waals surface area (Å²) in [6, 6.07) is 3.88. The highest BCUT2D eigenvalue weighted by atomic mass is 32.1. The Balaban J connectivity index is 2.24. The maximum absolute atomic E-state index is 9.24. The zero-order valence-corrected chi connectivity index (χ0v) is 10.5. The number of nitrogens with zero attached hydrogens (tertiary/aromatic N) is 2. The fourth-order valence-corrected chi connectivity index (χ4v) is 2.43. The lowest BCUT2D eigenvalue weighted by Crippen LogP contribution is -2.38. The molecule has 0 radical (unpaired) electrons. The van der Waals surface area contributed by atoms with Gasteiger partial charge in [-0.15, -0.1) is 0 Å². The summed E-state index contributed by atoms with van der Waals surface area (Å²) < 4.78 is 0. The molecule has 92 valence electrons. The standard InChI is InChI=1S/C12H17N3OS/c13-12(17)11-10(4-1-5-14-11)15-6-2-3-9(7-15)8-16/h1,4-5,9,16H,2-3,6-8H2,(H2,13,17). The Morgan fingerprint density at radius 3 is 3.18 bits per heavy atom. The molecule has 1 aliphatic heterocycles. The molecule has 1 aromatic rings. The lowest BCUT2D eigenvalue weighted by molar-refractivity contribution is 0.208. The van der Waals surface area contributed by atoms with Gasteiger partial charge in [0.1, 0.15) is 10.7 Å². The van der Waals surface area contributed by atoms with Gasteiger partial charge >= 0.3 is 0 Å². The molecule has 2 heterocycles. The molecule has 1 saturated heterocycles. The van der Waals surface area contributed by atoms with E-state index in [1.165, 1.54) is 0 Å². The summed E-state index contributed by atoms with van der Waals surface area (Å²) in [5.41, 5.74) is 7.35. The van der Waals surface area contributed by atoms with Gasteiger partial charge in [0.15, 0.2) is 0 Å². The summed E-state index contributed by atoms with van der Waals surface area (Å²) >= 11 is 5.02. The smallest absolute Gasteiger partial charge is 0.124 e. The zero-order valence-electron chi connectivity index (χ0n) is 9.67. The first kappa shape index (κ1) is 12.3. The Hall–Kier alpha value is -1.20. The second-order valence-corrected chi connectivity index (χ2v) is 4.81. The van der Waals surface area contributed by atoms with E-state index in [-0.39, 0.29) is 6.61 Å². The molecule has 0 spiro atoms. The van der Waals surface area contributed by atoms with Gasteiger partial charge in [0.2, 0.25) is 0 Å². The third-order valence-electron chi connectivity index (χ3n) is 3.14. The van der Waals surface area contributed by atoms with Crippen molar-refractivity contribution in [3.8, 4) is 0 Å². The molecule has 1 atom stereocenters. The number of aromatic nitrogens is 1. The molecule has 0 aromatic carbocycles. The van der Waals surface area contributed by atoms with E-state index in [0.717, 1.165) is 31.6 Å². The summed E-state index contributed by atoms with van der Waals surface area (Å²) in [6.07, 6.45) is 3.86. The number of hydrogen-bond donors (Lipinski definition) is 2. The van der Waals surface area contributed by atoms with Gasteiger partial charge < -0.3 is 15.7 Å². The van der Waals surface area contributed by atoms with E-state index in [4.69, 9.17) is 18.0 Å². The number of rotatable bonds is 3. The number of thiocarbonyl (C=S) groups is 1. The number of aliphatic hydroxyl groups is 1. The van der Waals surface area contributed by atoms with Crippen LogP contribution in [0.3, 0.4) is 0 Å². The first-order valence-electron chi connectivity index (χ1n) is 5.83. The maximum Gasteiger partial charge on any atom is 0.124 e. The number of piperidine rings is 1. The van der Waals surface area contributed by atoms with Gasteiger partial charge in [0, 0.05) is 25.9 Å². The molecule has 1 unspecified atom stereocenters. The SMILES string of the molecule is NC(=S)c1ncccc1N1CCCC(CO)C1. The number of nitrogens with two attached hydrogens (primary N) is 1. The van der Waals surface area contributed by atoms with Crippen LogP contribution in [0.2, 0.25) is 0 Å². The molecule has 4 nitrogen and oxygen atoms in total. The van der Waals surface area contributed by atoms with Crippen LogP contribution in [0.4, 0.5) is 5.69 Å². The minimum atomic E-state index is 0.235. The molecule has 3 N–H and O–H groups in total. The molecule has 0 bridgehead atoms. The van der Waals surface area contributed by atoms with Crippen LogP contribution in [-0.4, -0.2) is 34.8 Å². The van der Waals surface area contributed by atoms with Crippen molar-refractivity contribution in [3.05, 3.63) is 24.0 Å². The monoisotopic (exact) mass is 251 g/mol. The van der Waals surface area contributed by atoms with Gasteiger partial charge in [-0.3, -0.25) is 4.98 Å². The second-order valence-electron chi connectivity index (χ2n) is 4.37. The summed E-state index contributed by atoms with van der Waals surface area (Å²) in [4.78, 5) is 6.77. The number of aliphatic hydroxyl groups excluding tert-OH is 1. The summed E-state index contributed by atoms with van der Waals surface area (Å²) in [6.45, 7) is 2.05. The van der Waals surface area contributed by atoms with E-state index in [0.29, 0.717) is 16.6 Å². The predicted molar refractivity (Wildman–Crippen MR) is 72.1 cm³/mol. The van der Waals surface area contributed by atoms with Gasteiger partial charge in [-0.2, -0.15) is 0 Å². The Bertz CT molecular complexity index is 410. The van der Waals surface area contributed by atoms with Gasteiger partial charge in [-0.25, -0.2) is 0 Å². The normalized spacial score (nSPS) is 20.3. The van der Waals surface area contributed by atoms with Crippen molar-refractivity contribution >= 4 is 22.9 Å². The Morgan fingerprint density at radius 2 is 2.47 bits per heavy atom. The van der Waals surface area contributed by atoms with Crippen LogP contribution in [0.25, 0.3) is 0 Å². The molecule has 2 rings (SSSR count). The average Bonchev–Trinajstić information content (AvgIpc) is 2.39. The first-order valence-corrected chi connectivity index (χ1v) is 6.24. The van der Waals surface area contributed by atoms with Gasteiger partial charge in [-0.1, -0.05) is 12.2 Å². The molecular weight excluding hydrogens is 234 g/mol. The molecular formula is C12H17N3OS. The molecule has 0 aliphatic carbocycles. The van der Waals surface area contributed by atoms with Crippen molar-refractivity contribution in [2.75, 3.05) is 24.6 Å². The molecule has 0 saturated carbocycles. The van der Waals surface area contributed by atoms with Gasteiger partial charge in [0.25, 0.3) is 0 Å². The van der Waals surface area contributed by atoms with Crippen LogP contribution in [0.1, 0.15) is 18.5 Å². The summed E-state index contributed by atoms with van der Waals surface area (Å²) in [5.74, 6) is 0.336. The molecule has 5 heteroatoms. The third kappa shape index (κ3) is 2.73. The molecule has 17 heavy (non-hydrogen) atoms. The van der Waals surface area contributed by atoms with E-state index >= 15 is 0 Å². The van der Waals surface area contributed by atoms with Crippen LogP contribution < -0.4 is 10.6 Å². The quantitative estimate of drug-likeness (QED) is 0.782. The lowest BCUT2D eigenvalue weighted by atomic mass is 9.98. The number of anilines is 1. The zero-order chi connectivity index (χ0) is 12.3. The summed E-state index contributed by atoms with van der Waals surface area (Å²) in [5, 5.41) is 9.24. The van der Waals surface area contributed by atoms with E-state index in [9.17, 15) is 5.11 Å². The Labute approximate surface area is 106 Å². The van der Waals surface area contributed by atoms with Crippen LogP contribution in [-0.2, 0) is 0 Å². The molecule has 1 aromatic heterocycles. The van der Waals surface area contributed by atoms with Crippen molar-refractivity contribution in [2.45, 2.75) is 12.8 Å². The predicted octanol–water partition coefficient (Wildman–Crippen LogP) is 0.924. The highest BCUT2D eigenvalue weighted by molar-refractivity contribution is 7.80. The van der Waals surface area contributed by atoms with Crippen LogP contribution in [0.15, 0.2) is 18.3 Å². The van der Waals surface area contributed by atoms with Crippen LogP contribution >= 0.6 is 12.2 Å². The van der Waals surface area contributed by atoms with Crippen LogP contribution in [0.5, 0.6) is 0 Å². The Morgan fingerprint density at radius 1 is 1.65 bits per heavy atom. The van der Waals surface area contributed by atoms with Crippen molar-refractivity contribution in [1.29, 1.82) is 0 Å². The highest BCUT2D eigenvalue weighted by Crippen LogP contribution is 2.24. The van der Waals surface area contributed by atoms with Gasteiger partial charge in [0.05, 0.1) is 5.69 Å². The van der Waals surface area contributed by atoms with Crippen molar-refractivity contribution in [2.24, 2.45) is 11.7 Å². The minimum Gasteiger partial charge on any atom is -0.396 e.